The fourth-order valence-corrected chi connectivity index (χ4v) is 4.19. The lowest BCUT2D eigenvalue weighted by Gasteiger charge is -2.18. The molecular weight excluding hydrogens is 404 g/mol. The Morgan fingerprint density at radius 3 is 2.75 bits per heavy atom. The van der Waals surface area contributed by atoms with Gasteiger partial charge in [-0.25, -0.2) is 5.10 Å². The number of H-pyrrole nitrogens is 1. The van der Waals surface area contributed by atoms with E-state index in [1.165, 1.54) is 0 Å². The predicted molar refractivity (Wildman–Crippen MR) is 122 cm³/mol. The molecule has 1 aliphatic heterocycles. The molecule has 0 radical (unpaired) electrons. The number of aryl methyl sites for hydroxylation is 1. The number of hydrogen-bond donors (Lipinski definition) is 2. The molecule has 0 saturated carbocycles. The Morgan fingerprint density at radius 2 is 1.97 bits per heavy atom. The summed E-state index contributed by atoms with van der Waals surface area (Å²) in [6.45, 7) is 2.41. The van der Waals surface area contributed by atoms with Gasteiger partial charge in [0, 0.05) is 35.7 Å². The first-order chi connectivity index (χ1) is 15.5. The summed E-state index contributed by atoms with van der Waals surface area (Å²) in [7, 11) is 1.81. The molecule has 3 heterocycles. The van der Waals surface area contributed by atoms with Crippen LogP contribution in [0.25, 0.3) is 21.9 Å². The average Bonchev–Trinajstić information content (AvgIpc) is 3.33. The number of aromatic amines is 1. The van der Waals surface area contributed by atoms with E-state index in [0.29, 0.717) is 34.4 Å². The van der Waals surface area contributed by atoms with E-state index in [1.54, 1.807) is 28.8 Å². The van der Waals surface area contributed by atoms with E-state index in [-0.39, 0.29) is 18.0 Å². The van der Waals surface area contributed by atoms with Crippen molar-refractivity contribution in [1.29, 1.82) is 0 Å². The molecule has 158 valence electrons. The Labute approximate surface area is 183 Å². The molecule has 0 bridgehead atoms. The maximum absolute atomic E-state index is 13.3. The highest BCUT2D eigenvalue weighted by atomic mass is 16.2. The van der Waals surface area contributed by atoms with Crippen molar-refractivity contribution in [2.45, 2.75) is 20.0 Å². The average molecular weight is 424 g/mol. The Morgan fingerprint density at radius 1 is 1.12 bits per heavy atom. The molecular formula is C24H20N6O2. The van der Waals surface area contributed by atoms with Gasteiger partial charge in [0.15, 0.2) is 0 Å². The SMILES string of the molecule is CC#Cc1ccc2c(c1)C(=O)N(c1c(-c3ccc4c(=O)[nH]nc(CN)c4c3)cnn1C)C2. The monoisotopic (exact) mass is 424 g/mol. The van der Waals surface area contributed by atoms with Crippen LogP contribution in [-0.2, 0) is 20.1 Å². The highest BCUT2D eigenvalue weighted by molar-refractivity contribution is 6.11. The van der Waals surface area contributed by atoms with Crippen molar-refractivity contribution in [2.75, 3.05) is 4.90 Å². The van der Waals surface area contributed by atoms with E-state index in [4.69, 9.17) is 5.73 Å². The van der Waals surface area contributed by atoms with E-state index in [1.807, 2.05) is 37.4 Å². The van der Waals surface area contributed by atoms with Crippen LogP contribution in [0, 0.1) is 11.8 Å². The van der Waals surface area contributed by atoms with Gasteiger partial charge in [0.1, 0.15) is 5.82 Å². The first kappa shape index (κ1) is 19.7. The molecule has 2 aromatic carbocycles. The van der Waals surface area contributed by atoms with Crippen molar-refractivity contribution in [1.82, 2.24) is 20.0 Å². The Kier molecular flexibility index (Phi) is 4.61. The van der Waals surface area contributed by atoms with Crippen molar-refractivity contribution in [3.63, 3.8) is 0 Å². The number of nitrogens with one attached hydrogen (secondary N) is 1. The third-order valence-electron chi connectivity index (χ3n) is 5.72. The molecule has 8 heteroatoms. The first-order valence-electron chi connectivity index (χ1n) is 10.1. The zero-order chi connectivity index (χ0) is 22.4. The van der Waals surface area contributed by atoms with Crippen LogP contribution in [0.5, 0.6) is 0 Å². The van der Waals surface area contributed by atoms with Gasteiger partial charge in [-0.2, -0.15) is 10.2 Å². The summed E-state index contributed by atoms with van der Waals surface area (Å²) in [5, 5.41) is 12.2. The van der Waals surface area contributed by atoms with Crippen LogP contribution in [0.4, 0.5) is 5.82 Å². The molecule has 5 rings (SSSR count). The summed E-state index contributed by atoms with van der Waals surface area (Å²) in [5.74, 6) is 6.46. The van der Waals surface area contributed by atoms with Gasteiger partial charge in [-0.05, 0) is 42.3 Å². The first-order valence-corrected chi connectivity index (χ1v) is 10.1. The highest BCUT2D eigenvalue weighted by Gasteiger charge is 2.32. The maximum atomic E-state index is 13.3. The van der Waals surface area contributed by atoms with Gasteiger partial charge in [0.25, 0.3) is 11.5 Å². The standard InChI is InChI=1S/C24H20N6O2/c1-3-4-14-5-6-16-13-30(24(32)18(16)9-14)23-20(12-26-29(23)2)15-7-8-17-19(10-15)21(11-25)27-28-22(17)31/h5-10,12H,11,13,25H2,1-2H3,(H,28,31). The van der Waals surface area contributed by atoms with Crippen molar-refractivity contribution in [2.24, 2.45) is 12.8 Å². The van der Waals surface area contributed by atoms with Crippen LogP contribution in [-0.4, -0.2) is 25.9 Å². The number of carbonyl (C=O) groups excluding carboxylic acids is 1. The molecule has 0 atom stereocenters. The van der Waals surface area contributed by atoms with Gasteiger partial charge >= 0.3 is 0 Å². The molecule has 4 aromatic rings. The zero-order valence-electron chi connectivity index (χ0n) is 17.6. The molecule has 0 saturated heterocycles. The fraction of sp³-hybridized carbons (Fsp3) is 0.167. The van der Waals surface area contributed by atoms with Gasteiger partial charge in [0.2, 0.25) is 0 Å². The molecule has 3 N–H and O–H groups in total. The summed E-state index contributed by atoms with van der Waals surface area (Å²) in [6.07, 6.45) is 1.73. The maximum Gasteiger partial charge on any atom is 0.272 e. The highest BCUT2D eigenvalue weighted by Crippen LogP contribution is 2.36. The summed E-state index contributed by atoms with van der Waals surface area (Å²) in [5.41, 5.74) is 10.2. The molecule has 1 aliphatic rings. The number of fused-ring (bicyclic) bond motifs is 2. The lowest BCUT2D eigenvalue weighted by atomic mass is 10.0. The van der Waals surface area contributed by atoms with Crippen LogP contribution < -0.4 is 16.2 Å². The van der Waals surface area contributed by atoms with E-state index < -0.39 is 0 Å². The minimum absolute atomic E-state index is 0.0915. The smallest absolute Gasteiger partial charge is 0.272 e. The third-order valence-corrected chi connectivity index (χ3v) is 5.72. The number of hydrogen-bond acceptors (Lipinski definition) is 5. The number of amides is 1. The molecule has 0 spiro atoms. The summed E-state index contributed by atoms with van der Waals surface area (Å²) < 4.78 is 1.69. The lowest BCUT2D eigenvalue weighted by Crippen LogP contribution is -2.26. The van der Waals surface area contributed by atoms with E-state index in [9.17, 15) is 9.59 Å². The molecule has 2 aromatic heterocycles. The van der Waals surface area contributed by atoms with Gasteiger partial charge in [-0.15, -0.1) is 5.92 Å². The van der Waals surface area contributed by atoms with Crippen LogP contribution in [0.2, 0.25) is 0 Å². The largest absolute Gasteiger partial charge is 0.325 e. The molecule has 8 nitrogen and oxygen atoms in total. The number of anilines is 1. The molecule has 0 unspecified atom stereocenters. The number of rotatable bonds is 3. The molecule has 0 fully saturated rings. The van der Waals surface area contributed by atoms with Crippen LogP contribution in [0.3, 0.4) is 0 Å². The summed E-state index contributed by atoms with van der Waals surface area (Å²) in [4.78, 5) is 27.2. The third kappa shape index (κ3) is 2.99. The number of nitrogens with two attached hydrogens (primary N) is 1. The summed E-state index contributed by atoms with van der Waals surface area (Å²) in [6, 6.07) is 11.2. The van der Waals surface area contributed by atoms with Gasteiger partial charge in [-0.3, -0.25) is 19.2 Å². The Bertz CT molecular complexity index is 1520. The van der Waals surface area contributed by atoms with Gasteiger partial charge in [-0.1, -0.05) is 18.1 Å². The van der Waals surface area contributed by atoms with E-state index in [0.717, 1.165) is 22.3 Å². The summed E-state index contributed by atoms with van der Waals surface area (Å²) >= 11 is 0. The van der Waals surface area contributed by atoms with Crippen molar-refractivity contribution >= 4 is 22.5 Å². The quantitative estimate of drug-likeness (QED) is 0.491. The minimum Gasteiger partial charge on any atom is -0.325 e. The normalized spacial score (nSPS) is 12.7. The zero-order valence-corrected chi connectivity index (χ0v) is 17.6. The van der Waals surface area contributed by atoms with Gasteiger partial charge in [0.05, 0.1) is 23.8 Å². The van der Waals surface area contributed by atoms with Gasteiger partial charge < -0.3 is 5.73 Å². The lowest BCUT2D eigenvalue weighted by molar-refractivity contribution is 0.0995. The molecule has 32 heavy (non-hydrogen) atoms. The van der Waals surface area contributed by atoms with Crippen LogP contribution >= 0.6 is 0 Å². The number of carbonyl (C=O) groups is 1. The Hall–Kier alpha value is -4.22. The van der Waals surface area contributed by atoms with Crippen molar-refractivity contribution in [3.05, 3.63) is 75.3 Å². The fourth-order valence-electron chi connectivity index (χ4n) is 4.19. The van der Waals surface area contributed by atoms with Crippen LogP contribution in [0.1, 0.15) is 34.1 Å². The second-order valence-electron chi connectivity index (χ2n) is 7.61. The number of aromatic nitrogens is 4. The number of nitrogens with zero attached hydrogens (tertiary/aromatic N) is 4. The second-order valence-corrected chi connectivity index (χ2v) is 7.61. The minimum atomic E-state index is -0.272. The van der Waals surface area contributed by atoms with E-state index >= 15 is 0 Å². The van der Waals surface area contributed by atoms with Crippen molar-refractivity contribution < 1.29 is 4.79 Å². The number of benzene rings is 2. The molecule has 0 aliphatic carbocycles. The second kappa shape index (κ2) is 7.48. The van der Waals surface area contributed by atoms with Crippen LogP contribution in [0.15, 0.2) is 47.4 Å². The van der Waals surface area contributed by atoms with E-state index in [2.05, 4.69) is 27.1 Å². The topological polar surface area (TPSA) is 110 Å². The van der Waals surface area contributed by atoms with Crippen molar-refractivity contribution in [3.8, 4) is 23.0 Å². The molecule has 1 amide bonds. The Balaban J connectivity index is 1.62. The predicted octanol–water partition coefficient (Wildman–Crippen LogP) is 2.31.